The lowest BCUT2D eigenvalue weighted by molar-refractivity contribution is 0.107. The van der Waals surface area contributed by atoms with Gasteiger partial charge in [0, 0.05) is 0 Å². The molecule has 1 heterocycles. The number of ether oxygens (including phenoxy) is 1. The van der Waals surface area contributed by atoms with E-state index < -0.39 is 22.9 Å². The van der Waals surface area contributed by atoms with Gasteiger partial charge in [0.15, 0.2) is 11.4 Å². The highest BCUT2D eigenvalue weighted by Gasteiger charge is 2.21. The Morgan fingerprint density at radius 2 is 2.31 bits per heavy atom. The van der Waals surface area contributed by atoms with Gasteiger partial charge in [-0.3, -0.25) is 4.79 Å². The molecule has 0 saturated carbocycles. The van der Waals surface area contributed by atoms with Gasteiger partial charge < -0.3 is 4.74 Å². The van der Waals surface area contributed by atoms with Crippen LogP contribution in [0, 0.1) is 11.3 Å². The third-order valence-corrected chi connectivity index (χ3v) is 1.94. The summed E-state index contributed by atoms with van der Waals surface area (Å²) in [4.78, 5) is 14.3. The van der Waals surface area contributed by atoms with Crippen LogP contribution in [0.2, 0.25) is 0 Å². The summed E-state index contributed by atoms with van der Waals surface area (Å²) in [7, 11) is 1.18. The molecule has 0 aliphatic heterocycles. The van der Waals surface area contributed by atoms with Crippen LogP contribution in [0.15, 0.2) is 6.07 Å². The quantitative estimate of drug-likeness (QED) is 0.768. The van der Waals surface area contributed by atoms with E-state index in [2.05, 4.69) is 9.72 Å². The van der Waals surface area contributed by atoms with Gasteiger partial charge in [0.05, 0.1) is 12.7 Å². The molecule has 0 aromatic carbocycles. The molecule has 0 spiro atoms. The van der Waals surface area contributed by atoms with E-state index in [0.717, 1.165) is 6.07 Å². The molecule has 0 aliphatic carbocycles. The third kappa shape index (κ3) is 2.25. The van der Waals surface area contributed by atoms with Crippen molar-refractivity contribution >= 4 is 16.8 Å². The van der Waals surface area contributed by atoms with Crippen molar-refractivity contribution in [3.05, 3.63) is 23.0 Å². The standard InChI is InChI=1S/C9H5ClF2N2O2/c1-16-6-2-4(9(11)12)5(3-13)14-7(6)8(10)15/h2,9H,1H3. The number of rotatable bonds is 3. The number of pyridine rings is 1. The van der Waals surface area contributed by atoms with Crippen LogP contribution >= 0.6 is 11.6 Å². The minimum atomic E-state index is -2.88. The van der Waals surface area contributed by atoms with Crippen molar-refractivity contribution in [1.82, 2.24) is 4.98 Å². The minimum absolute atomic E-state index is 0.186. The maximum absolute atomic E-state index is 12.5. The number of hydrogen-bond acceptors (Lipinski definition) is 4. The van der Waals surface area contributed by atoms with E-state index in [-0.39, 0.29) is 11.4 Å². The molecule has 0 atom stereocenters. The van der Waals surface area contributed by atoms with E-state index in [0.29, 0.717) is 0 Å². The topological polar surface area (TPSA) is 63.0 Å². The Morgan fingerprint density at radius 1 is 1.69 bits per heavy atom. The highest BCUT2D eigenvalue weighted by molar-refractivity contribution is 6.67. The van der Waals surface area contributed by atoms with Gasteiger partial charge in [-0.25, -0.2) is 13.8 Å². The van der Waals surface area contributed by atoms with Crippen LogP contribution in [0.1, 0.15) is 28.2 Å². The molecule has 0 bridgehead atoms. The fraction of sp³-hybridized carbons (Fsp3) is 0.222. The Kier molecular flexibility index (Phi) is 3.74. The Bertz CT molecular complexity index is 471. The molecule has 1 rings (SSSR count). The molecular formula is C9H5ClF2N2O2. The molecule has 0 fully saturated rings. The van der Waals surface area contributed by atoms with Gasteiger partial charge in [0.1, 0.15) is 11.8 Å². The first-order valence-electron chi connectivity index (χ1n) is 3.98. The van der Waals surface area contributed by atoms with E-state index >= 15 is 0 Å². The zero-order chi connectivity index (χ0) is 12.3. The average molecular weight is 247 g/mol. The number of nitriles is 1. The van der Waals surface area contributed by atoms with Crippen LogP contribution in [0.5, 0.6) is 5.75 Å². The van der Waals surface area contributed by atoms with Crippen molar-refractivity contribution in [2.45, 2.75) is 6.43 Å². The molecule has 0 unspecified atom stereocenters. The van der Waals surface area contributed by atoms with Gasteiger partial charge in [-0.2, -0.15) is 5.26 Å². The summed E-state index contributed by atoms with van der Waals surface area (Å²) in [5, 5.41) is 7.62. The molecule has 0 radical (unpaired) electrons. The molecule has 4 nitrogen and oxygen atoms in total. The largest absolute Gasteiger partial charge is 0.494 e. The Morgan fingerprint density at radius 3 is 2.69 bits per heavy atom. The third-order valence-electron chi connectivity index (χ3n) is 1.76. The fourth-order valence-corrected chi connectivity index (χ4v) is 1.20. The predicted octanol–water partition coefficient (Wildman–Crippen LogP) is 2.28. The summed E-state index contributed by atoms with van der Waals surface area (Å²) < 4.78 is 29.7. The Hall–Kier alpha value is -1.74. The average Bonchev–Trinajstić information content (AvgIpc) is 2.26. The van der Waals surface area contributed by atoms with E-state index in [1.54, 1.807) is 0 Å². The van der Waals surface area contributed by atoms with Crippen molar-refractivity contribution in [2.24, 2.45) is 0 Å². The highest BCUT2D eigenvalue weighted by Crippen LogP contribution is 2.28. The van der Waals surface area contributed by atoms with Crippen molar-refractivity contribution in [2.75, 3.05) is 7.11 Å². The van der Waals surface area contributed by atoms with Crippen LogP contribution < -0.4 is 4.74 Å². The predicted molar refractivity (Wildman–Crippen MR) is 50.6 cm³/mol. The van der Waals surface area contributed by atoms with E-state index in [1.807, 2.05) is 0 Å². The number of nitrogens with zero attached hydrogens (tertiary/aromatic N) is 2. The Balaban J connectivity index is 3.48. The molecule has 0 saturated heterocycles. The Labute approximate surface area is 94.4 Å². The minimum Gasteiger partial charge on any atom is -0.494 e. The zero-order valence-electron chi connectivity index (χ0n) is 8.00. The van der Waals surface area contributed by atoms with Gasteiger partial charge in [0.25, 0.3) is 11.7 Å². The van der Waals surface area contributed by atoms with Gasteiger partial charge in [0.2, 0.25) is 0 Å². The van der Waals surface area contributed by atoms with E-state index in [1.165, 1.54) is 13.2 Å². The maximum Gasteiger partial charge on any atom is 0.274 e. The summed E-state index contributed by atoms with van der Waals surface area (Å²) in [6.07, 6.45) is -2.88. The maximum atomic E-state index is 12.5. The molecule has 0 N–H and O–H groups in total. The summed E-state index contributed by atoms with van der Waals surface area (Å²) >= 11 is 5.17. The first-order valence-corrected chi connectivity index (χ1v) is 4.36. The number of carbonyl (C=O) groups is 1. The number of alkyl halides is 2. The molecule has 0 aliphatic rings. The molecule has 16 heavy (non-hydrogen) atoms. The van der Waals surface area contributed by atoms with Crippen molar-refractivity contribution in [3.8, 4) is 11.8 Å². The smallest absolute Gasteiger partial charge is 0.274 e. The number of aromatic nitrogens is 1. The monoisotopic (exact) mass is 246 g/mol. The molecule has 0 amide bonds. The van der Waals surface area contributed by atoms with Crippen molar-refractivity contribution in [3.63, 3.8) is 0 Å². The van der Waals surface area contributed by atoms with Crippen molar-refractivity contribution in [1.29, 1.82) is 5.26 Å². The van der Waals surface area contributed by atoms with Crippen LogP contribution in [0.3, 0.4) is 0 Å². The normalized spacial score (nSPS) is 10.0. The van der Waals surface area contributed by atoms with Crippen LogP contribution in [-0.4, -0.2) is 17.3 Å². The molecule has 1 aromatic rings. The fourth-order valence-electron chi connectivity index (χ4n) is 1.06. The second-order valence-corrected chi connectivity index (χ2v) is 3.01. The van der Waals surface area contributed by atoms with Crippen LogP contribution in [-0.2, 0) is 0 Å². The summed E-state index contributed by atoms with van der Waals surface area (Å²) in [6, 6.07) is 2.35. The van der Waals surface area contributed by atoms with Crippen LogP contribution in [0.4, 0.5) is 8.78 Å². The van der Waals surface area contributed by atoms with E-state index in [9.17, 15) is 13.6 Å². The lowest BCUT2D eigenvalue weighted by Crippen LogP contribution is -2.05. The number of methoxy groups -OCH3 is 1. The zero-order valence-corrected chi connectivity index (χ0v) is 8.76. The summed E-state index contributed by atoms with van der Waals surface area (Å²) in [5.74, 6) is -0.186. The second-order valence-electron chi connectivity index (χ2n) is 2.66. The first kappa shape index (κ1) is 12.3. The van der Waals surface area contributed by atoms with E-state index in [4.69, 9.17) is 16.9 Å². The lowest BCUT2D eigenvalue weighted by atomic mass is 10.1. The molecule has 84 valence electrons. The number of hydrogen-bond donors (Lipinski definition) is 0. The number of carbonyl (C=O) groups excluding carboxylic acids is 1. The van der Waals surface area contributed by atoms with Gasteiger partial charge in [-0.15, -0.1) is 0 Å². The first-order chi connectivity index (χ1) is 7.51. The lowest BCUT2D eigenvalue weighted by Gasteiger charge is -2.08. The van der Waals surface area contributed by atoms with Crippen molar-refractivity contribution < 1.29 is 18.3 Å². The van der Waals surface area contributed by atoms with Gasteiger partial charge in [-0.05, 0) is 17.7 Å². The highest BCUT2D eigenvalue weighted by atomic mass is 35.5. The summed E-state index contributed by atoms with van der Waals surface area (Å²) in [6.45, 7) is 0. The van der Waals surface area contributed by atoms with Gasteiger partial charge >= 0.3 is 0 Å². The second kappa shape index (κ2) is 4.86. The van der Waals surface area contributed by atoms with Crippen LogP contribution in [0.25, 0.3) is 0 Å². The molecular weight excluding hydrogens is 242 g/mol. The molecule has 1 aromatic heterocycles. The number of halogens is 3. The SMILES string of the molecule is COc1cc(C(F)F)c(C#N)nc1C(=O)Cl. The molecule has 7 heteroatoms. The van der Waals surface area contributed by atoms with Gasteiger partial charge in [-0.1, -0.05) is 0 Å². The summed E-state index contributed by atoms with van der Waals surface area (Å²) in [5.41, 5.74) is -1.49.